The highest BCUT2D eigenvalue weighted by molar-refractivity contribution is 5.78. The molecule has 0 amide bonds. The summed E-state index contributed by atoms with van der Waals surface area (Å²) in [5, 5.41) is 4.70. The molecule has 0 radical (unpaired) electrons. The lowest BCUT2D eigenvalue weighted by Gasteiger charge is -2.26. The third-order valence-corrected chi connectivity index (χ3v) is 4.08. The molecule has 0 spiro atoms. The first-order valence-corrected chi connectivity index (χ1v) is 7.73. The number of nitrogens with one attached hydrogen (secondary N) is 1. The minimum Gasteiger partial charge on any atom is -0.460 e. The molecule has 1 fully saturated rings. The number of piperidine rings is 1. The quantitative estimate of drug-likeness (QED) is 0.846. The normalized spacial score (nSPS) is 16.9. The van der Waals surface area contributed by atoms with Gasteiger partial charge in [0, 0.05) is 18.5 Å². The van der Waals surface area contributed by atoms with E-state index in [9.17, 15) is 0 Å². The lowest BCUT2D eigenvalue weighted by Crippen LogP contribution is -2.35. The monoisotopic (exact) mass is 272 g/mol. The molecule has 20 heavy (non-hydrogen) atoms. The number of aryl methyl sites for hydroxylation is 1. The molecular weight excluding hydrogens is 248 g/mol. The van der Waals surface area contributed by atoms with Crippen LogP contribution in [-0.4, -0.2) is 31.1 Å². The van der Waals surface area contributed by atoms with Gasteiger partial charge in [0.1, 0.15) is 11.3 Å². The highest BCUT2D eigenvalue weighted by Crippen LogP contribution is 2.20. The van der Waals surface area contributed by atoms with Crippen molar-refractivity contribution in [2.75, 3.05) is 26.2 Å². The molecule has 3 nitrogen and oxygen atoms in total. The van der Waals surface area contributed by atoms with Gasteiger partial charge in [-0.2, -0.15) is 0 Å². The Labute approximate surface area is 120 Å². The summed E-state index contributed by atoms with van der Waals surface area (Å²) >= 11 is 0. The molecule has 1 aliphatic heterocycles. The van der Waals surface area contributed by atoms with Crippen LogP contribution in [0.1, 0.15) is 30.6 Å². The van der Waals surface area contributed by atoms with Crippen molar-refractivity contribution in [2.24, 2.45) is 0 Å². The average molecular weight is 272 g/mol. The minimum absolute atomic E-state index is 0.821. The first-order chi connectivity index (χ1) is 9.81. The zero-order chi connectivity index (χ0) is 13.8. The van der Waals surface area contributed by atoms with Gasteiger partial charge in [0.05, 0.1) is 6.54 Å². The molecule has 0 saturated carbocycles. The van der Waals surface area contributed by atoms with E-state index in [0.717, 1.165) is 31.0 Å². The van der Waals surface area contributed by atoms with Crippen LogP contribution in [0.2, 0.25) is 0 Å². The van der Waals surface area contributed by atoms with Crippen LogP contribution in [0.5, 0.6) is 0 Å². The summed E-state index contributed by atoms with van der Waals surface area (Å²) < 4.78 is 5.84. The van der Waals surface area contributed by atoms with Crippen molar-refractivity contribution < 1.29 is 4.42 Å². The Morgan fingerprint density at radius 3 is 2.85 bits per heavy atom. The lowest BCUT2D eigenvalue weighted by atomic mass is 10.1. The fourth-order valence-corrected chi connectivity index (χ4v) is 2.94. The van der Waals surface area contributed by atoms with Gasteiger partial charge in [-0.05, 0) is 51.1 Å². The Hall–Kier alpha value is -1.32. The maximum absolute atomic E-state index is 5.84. The highest BCUT2D eigenvalue weighted by atomic mass is 16.3. The van der Waals surface area contributed by atoms with Crippen LogP contribution in [-0.2, 0) is 6.54 Å². The number of hydrogen-bond donors (Lipinski definition) is 1. The van der Waals surface area contributed by atoms with E-state index in [0.29, 0.717) is 0 Å². The lowest BCUT2D eigenvalue weighted by molar-refractivity contribution is 0.228. The van der Waals surface area contributed by atoms with Crippen molar-refractivity contribution in [3.05, 3.63) is 35.6 Å². The summed E-state index contributed by atoms with van der Waals surface area (Å²) in [7, 11) is 0. The molecular formula is C17H24N2O. The Bertz CT molecular complexity index is 555. The summed E-state index contributed by atoms with van der Waals surface area (Å²) in [5.41, 5.74) is 2.27. The van der Waals surface area contributed by atoms with Crippen LogP contribution in [0.15, 0.2) is 28.7 Å². The number of nitrogens with zero attached hydrogens (tertiary/aromatic N) is 1. The number of rotatable bonds is 5. The molecule has 1 saturated heterocycles. The Morgan fingerprint density at radius 2 is 2.00 bits per heavy atom. The van der Waals surface area contributed by atoms with Gasteiger partial charge in [0.15, 0.2) is 0 Å². The predicted molar refractivity (Wildman–Crippen MR) is 82.9 cm³/mol. The maximum atomic E-state index is 5.84. The molecule has 0 unspecified atom stereocenters. The van der Waals surface area contributed by atoms with Crippen molar-refractivity contribution in [3.8, 4) is 0 Å². The average Bonchev–Trinajstić information content (AvgIpc) is 2.86. The fourth-order valence-electron chi connectivity index (χ4n) is 2.94. The molecule has 1 aliphatic rings. The summed E-state index contributed by atoms with van der Waals surface area (Å²) in [5.74, 6) is 1.03. The van der Waals surface area contributed by atoms with Gasteiger partial charge in [0.25, 0.3) is 0 Å². The van der Waals surface area contributed by atoms with E-state index in [-0.39, 0.29) is 0 Å². The number of hydrogen-bond acceptors (Lipinski definition) is 3. The van der Waals surface area contributed by atoms with E-state index in [1.807, 2.05) is 0 Å². The van der Waals surface area contributed by atoms with Gasteiger partial charge >= 0.3 is 0 Å². The third kappa shape index (κ3) is 3.41. The second-order valence-electron chi connectivity index (χ2n) is 5.83. The SMILES string of the molecule is Cc1ccc2oc(CNCCN3CCCCC3)cc2c1. The third-order valence-electron chi connectivity index (χ3n) is 4.08. The zero-order valence-electron chi connectivity index (χ0n) is 12.3. The summed E-state index contributed by atoms with van der Waals surface area (Å²) in [6.45, 7) is 7.66. The van der Waals surface area contributed by atoms with Crippen molar-refractivity contribution in [1.82, 2.24) is 10.2 Å². The van der Waals surface area contributed by atoms with E-state index in [1.54, 1.807) is 0 Å². The molecule has 2 heterocycles. The molecule has 2 aromatic rings. The van der Waals surface area contributed by atoms with Crippen LogP contribution in [0.3, 0.4) is 0 Å². The van der Waals surface area contributed by atoms with Gasteiger partial charge < -0.3 is 14.6 Å². The topological polar surface area (TPSA) is 28.4 Å². The van der Waals surface area contributed by atoms with Crippen LogP contribution in [0, 0.1) is 6.92 Å². The Balaban J connectivity index is 1.47. The minimum atomic E-state index is 0.821. The maximum Gasteiger partial charge on any atom is 0.134 e. The van der Waals surface area contributed by atoms with Gasteiger partial charge in [-0.15, -0.1) is 0 Å². The predicted octanol–water partition coefficient (Wildman–Crippen LogP) is 3.32. The van der Waals surface area contributed by atoms with Crippen molar-refractivity contribution in [1.29, 1.82) is 0 Å². The number of fused-ring (bicyclic) bond motifs is 1. The first-order valence-electron chi connectivity index (χ1n) is 7.73. The van der Waals surface area contributed by atoms with E-state index in [1.165, 1.54) is 43.3 Å². The van der Waals surface area contributed by atoms with Crippen LogP contribution < -0.4 is 5.32 Å². The van der Waals surface area contributed by atoms with Gasteiger partial charge in [-0.25, -0.2) is 0 Å². The molecule has 3 heteroatoms. The standard InChI is InChI=1S/C17H24N2O/c1-14-5-6-17-15(11-14)12-16(20-17)13-18-7-10-19-8-3-2-4-9-19/h5-6,11-12,18H,2-4,7-10,13H2,1H3. The molecule has 1 N–H and O–H groups in total. The second-order valence-corrected chi connectivity index (χ2v) is 5.83. The fraction of sp³-hybridized carbons (Fsp3) is 0.529. The summed E-state index contributed by atoms with van der Waals surface area (Å²) in [6, 6.07) is 8.48. The molecule has 0 aliphatic carbocycles. The number of furan rings is 1. The van der Waals surface area contributed by atoms with Crippen molar-refractivity contribution >= 4 is 11.0 Å². The van der Waals surface area contributed by atoms with Gasteiger partial charge in [-0.3, -0.25) is 0 Å². The molecule has 1 aromatic heterocycles. The molecule has 108 valence electrons. The second kappa shape index (κ2) is 6.42. The molecule has 1 aromatic carbocycles. The number of benzene rings is 1. The highest BCUT2D eigenvalue weighted by Gasteiger charge is 2.09. The van der Waals surface area contributed by atoms with Gasteiger partial charge in [0.2, 0.25) is 0 Å². The van der Waals surface area contributed by atoms with E-state index >= 15 is 0 Å². The smallest absolute Gasteiger partial charge is 0.134 e. The van der Waals surface area contributed by atoms with Crippen LogP contribution >= 0.6 is 0 Å². The van der Waals surface area contributed by atoms with Crippen molar-refractivity contribution in [3.63, 3.8) is 0 Å². The summed E-state index contributed by atoms with van der Waals surface area (Å²) in [6.07, 6.45) is 4.13. The van der Waals surface area contributed by atoms with E-state index in [2.05, 4.69) is 41.4 Å². The zero-order valence-corrected chi connectivity index (χ0v) is 12.3. The first kappa shape index (κ1) is 13.7. The Morgan fingerprint density at radius 1 is 1.15 bits per heavy atom. The Kier molecular flexibility index (Phi) is 4.38. The largest absolute Gasteiger partial charge is 0.460 e. The van der Waals surface area contributed by atoms with Crippen LogP contribution in [0.4, 0.5) is 0 Å². The van der Waals surface area contributed by atoms with E-state index < -0.39 is 0 Å². The summed E-state index contributed by atoms with van der Waals surface area (Å²) in [4.78, 5) is 2.55. The van der Waals surface area contributed by atoms with Gasteiger partial charge in [-0.1, -0.05) is 18.1 Å². The molecule has 0 bridgehead atoms. The number of likely N-dealkylation sites (tertiary alicyclic amines) is 1. The molecule has 0 atom stereocenters. The van der Waals surface area contributed by atoms with Crippen LogP contribution in [0.25, 0.3) is 11.0 Å². The van der Waals surface area contributed by atoms with E-state index in [4.69, 9.17) is 4.42 Å². The van der Waals surface area contributed by atoms with Crippen molar-refractivity contribution in [2.45, 2.75) is 32.7 Å². The molecule has 3 rings (SSSR count).